The molecule has 0 radical (unpaired) electrons. The van der Waals surface area contributed by atoms with E-state index in [1.807, 2.05) is 10.8 Å². The number of imidazole rings is 1. The molecular formula is C11H20N4O2S. The van der Waals surface area contributed by atoms with Crippen molar-refractivity contribution in [3.8, 4) is 0 Å². The molecule has 1 aliphatic heterocycles. The zero-order valence-corrected chi connectivity index (χ0v) is 11.4. The Kier molecular flexibility index (Phi) is 4.04. The minimum absolute atomic E-state index is 0.355. The third-order valence-corrected chi connectivity index (χ3v) is 4.59. The van der Waals surface area contributed by atoms with E-state index in [-0.39, 0.29) is 0 Å². The zero-order chi connectivity index (χ0) is 13.2. The largest absolute Gasteiger partial charge is 0.337 e. The maximum atomic E-state index is 11.5. The molecule has 2 rings (SSSR count). The highest BCUT2D eigenvalue weighted by atomic mass is 32.2. The first-order valence-electron chi connectivity index (χ1n) is 6.15. The Morgan fingerprint density at radius 2 is 2.33 bits per heavy atom. The molecule has 0 saturated carbocycles. The average molecular weight is 272 g/mol. The molecule has 1 atom stereocenters. The lowest BCUT2D eigenvalue weighted by molar-refractivity contribution is 0.246. The van der Waals surface area contributed by atoms with Crippen molar-refractivity contribution in [1.82, 2.24) is 13.9 Å². The van der Waals surface area contributed by atoms with E-state index < -0.39 is 10.0 Å². The lowest BCUT2D eigenvalue weighted by Crippen LogP contribution is -2.40. The van der Waals surface area contributed by atoms with Gasteiger partial charge in [-0.2, -0.15) is 0 Å². The summed E-state index contributed by atoms with van der Waals surface area (Å²) in [4.78, 5) is 4.17. The van der Waals surface area contributed by atoms with Crippen LogP contribution in [0.1, 0.15) is 18.5 Å². The number of nitrogens with two attached hydrogens (primary N) is 1. The van der Waals surface area contributed by atoms with Crippen molar-refractivity contribution in [3.05, 3.63) is 18.2 Å². The molecule has 0 bridgehead atoms. The van der Waals surface area contributed by atoms with Crippen LogP contribution in [-0.4, -0.2) is 41.6 Å². The first-order valence-corrected chi connectivity index (χ1v) is 7.99. The molecule has 2 N–H and O–H groups in total. The normalized spacial score (nSPS) is 22.2. The van der Waals surface area contributed by atoms with Gasteiger partial charge in [0.15, 0.2) is 0 Å². The minimum Gasteiger partial charge on any atom is -0.337 e. The Morgan fingerprint density at radius 3 is 2.94 bits per heavy atom. The summed E-state index contributed by atoms with van der Waals surface area (Å²) < 4.78 is 26.6. The molecule has 0 aromatic carbocycles. The SMILES string of the molecule is CS(=O)(=O)N1CCCC(Cn2cnc(CN)c2)C1. The van der Waals surface area contributed by atoms with E-state index in [1.165, 1.54) is 6.26 Å². The predicted molar refractivity (Wildman–Crippen MR) is 69.3 cm³/mol. The summed E-state index contributed by atoms with van der Waals surface area (Å²) in [5, 5.41) is 0. The van der Waals surface area contributed by atoms with Crippen LogP contribution in [0, 0.1) is 5.92 Å². The van der Waals surface area contributed by atoms with Gasteiger partial charge in [0.2, 0.25) is 10.0 Å². The molecule has 6 nitrogen and oxygen atoms in total. The summed E-state index contributed by atoms with van der Waals surface area (Å²) in [6.45, 7) is 2.49. The van der Waals surface area contributed by atoms with Crippen LogP contribution >= 0.6 is 0 Å². The highest BCUT2D eigenvalue weighted by Crippen LogP contribution is 2.20. The lowest BCUT2D eigenvalue weighted by atomic mass is 10.00. The van der Waals surface area contributed by atoms with E-state index in [0.717, 1.165) is 25.1 Å². The van der Waals surface area contributed by atoms with Gasteiger partial charge in [0.25, 0.3) is 0 Å². The van der Waals surface area contributed by atoms with Gasteiger partial charge in [-0.15, -0.1) is 0 Å². The number of piperidine rings is 1. The molecule has 1 aromatic heterocycles. The average Bonchev–Trinajstić information content (AvgIpc) is 2.76. The second-order valence-corrected chi connectivity index (χ2v) is 6.88. The summed E-state index contributed by atoms with van der Waals surface area (Å²) in [6.07, 6.45) is 6.96. The number of hydrogen-bond acceptors (Lipinski definition) is 4. The number of nitrogens with zero attached hydrogens (tertiary/aromatic N) is 3. The standard InChI is InChI=1S/C11H20N4O2S/c1-18(16,17)15-4-2-3-10(7-15)6-14-8-11(5-12)13-9-14/h8-10H,2-7,12H2,1H3. The summed E-state index contributed by atoms with van der Waals surface area (Å²) >= 11 is 0. The number of rotatable bonds is 4. The summed E-state index contributed by atoms with van der Waals surface area (Å²) in [6, 6.07) is 0. The van der Waals surface area contributed by atoms with Crippen molar-refractivity contribution in [2.24, 2.45) is 11.7 Å². The van der Waals surface area contributed by atoms with Crippen molar-refractivity contribution in [2.75, 3.05) is 19.3 Å². The Hall–Kier alpha value is -0.920. The highest BCUT2D eigenvalue weighted by molar-refractivity contribution is 7.88. The number of aromatic nitrogens is 2. The molecule has 0 spiro atoms. The molecule has 0 amide bonds. The third-order valence-electron chi connectivity index (χ3n) is 3.32. The van der Waals surface area contributed by atoms with Crippen LogP contribution in [0.3, 0.4) is 0 Å². The fourth-order valence-electron chi connectivity index (χ4n) is 2.39. The monoisotopic (exact) mass is 272 g/mol. The molecule has 7 heteroatoms. The van der Waals surface area contributed by atoms with Crippen LogP contribution in [0.25, 0.3) is 0 Å². The Labute approximate surface area is 108 Å². The van der Waals surface area contributed by atoms with Gasteiger partial charge in [0, 0.05) is 32.4 Å². The number of hydrogen-bond donors (Lipinski definition) is 1. The fourth-order valence-corrected chi connectivity index (χ4v) is 3.33. The van der Waals surface area contributed by atoms with Crippen molar-refractivity contribution in [2.45, 2.75) is 25.9 Å². The molecule has 2 heterocycles. The first kappa shape index (κ1) is 13.5. The topological polar surface area (TPSA) is 81.2 Å². The molecule has 1 unspecified atom stereocenters. The van der Waals surface area contributed by atoms with E-state index in [2.05, 4.69) is 4.98 Å². The van der Waals surface area contributed by atoms with Gasteiger partial charge in [-0.05, 0) is 18.8 Å². The lowest BCUT2D eigenvalue weighted by Gasteiger charge is -2.31. The van der Waals surface area contributed by atoms with E-state index in [1.54, 1.807) is 10.6 Å². The Balaban J connectivity index is 1.97. The van der Waals surface area contributed by atoms with E-state index in [9.17, 15) is 8.42 Å². The van der Waals surface area contributed by atoms with Gasteiger partial charge >= 0.3 is 0 Å². The van der Waals surface area contributed by atoms with Crippen LogP contribution < -0.4 is 5.73 Å². The number of sulfonamides is 1. The predicted octanol–water partition coefficient (Wildman–Crippen LogP) is 0.0134. The third kappa shape index (κ3) is 3.30. The van der Waals surface area contributed by atoms with Crippen molar-refractivity contribution in [3.63, 3.8) is 0 Å². The molecule has 1 fully saturated rings. The molecule has 1 aromatic rings. The van der Waals surface area contributed by atoms with Crippen LogP contribution in [0.15, 0.2) is 12.5 Å². The zero-order valence-electron chi connectivity index (χ0n) is 10.6. The van der Waals surface area contributed by atoms with Crippen LogP contribution in [0.2, 0.25) is 0 Å². The molecule has 18 heavy (non-hydrogen) atoms. The Bertz CT molecular complexity index is 497. The second kappa shape index (κ2) is 5.38. The van der Waals surface area contributed by atoms with Gasteiger partial charge in [0.1, 0.15) is 0 Å². The molecule has 102 valence electrons. The maximum absolute atomic E-state index is 11.5. The van der Waals surface area contributed by atoms with Gasteiger partial charge in [-0.1, -0.05) is 0 Å². The molecule has 1 saturated heterocycles. The van der Waals surface area contributed by atoms with E-state index in [4.69, 9.17) is 5.73 Å². The van der Waals surface area contributed by atoms with Crippen molar-refractivity contribution < 1.29 is 8.42 Å². The highest BCUT2D eigenvalue weighted by Gasteiger charge is 2.25. The van der Waals surface area contributed by atoms with Gasteiger partial charge < -0.3 is 10.3 Å². The van der Waals surface area contributed by atoms with Crippen LogP contribution in [-0.2, 0) is 23.1 Å². The summed E-state index contributed by atoms with van der Waals surface area (Å²) in [5.74, 6) is 0.355. The summed E-state index contributed by atoms with van der Waals surface area (Å²) in [7, 11) is -3.06. The molecule has 1 aliphatic rings. The van der Waals surface area contributed by atoms with E-state index in [0.29, 0.717) is 25.6 Å². The van der Waals surface area contributed by atoms with Gasteiger partial charge in [-0.3, -0.25) is 0 Å². The fraction of sp³-hybridized carbons (Fsp3) is 0.727. The van der Waals surface area contributed by atoms with Crippen molar-refractivity contribution in [1.29, 1.82) is 0 Å². The first-order chi connectivity index (χ1) is 8.49. The Morgan fingerprint density at radius 1 is 1.56 bits per heavy atom. The maximum Gasteiger partial charge on any atom is 0.211 e. The quantitative estimate of drug-likeness (QED) is 0.837. The van der Waals surface area contributed by atoms with Crippen LogP contribution in [0.5, 0.6) is 0 Å². The smallest absolute Gasteiger partial charge is 0.211 e. The molecular weight excluding hydrogens is 252 g/mol. The van der Waals surface area contributed by atoms with Crippen molar-refractivity contribution >= 4 is 10.0 Å². The molecule has 0 aliphatic carbocycles. The van der Waals surface area contributed by atoms with E-state index >= 15 is 0 Å². The summed E-state index contributed by atoms with van der Waals surface area (Å²) in [5.41, 5.74) is 6.38. The minimum atomic E-state index is -3.06. The second-order valence-electron chi connectivity index (χ2n) is 4.90. The van der Waals surface area contributed by atoms with Gasteiger partial charge in [-0.25, -0.2) is 17.7 Å². The van der Waals surface area contributed by atoms with Crippen LogP contribution in [0.4, 0.5) is 0 Å². The van der Waals surface area contributed by atoms with Gasteiger partial charge in [0.05, 0.1) is 18.3 Å².